The van der Waals surface area contributed by atoms with Crippen LogP contribution in [0.15, 0.2) is 12.3 Å². The highest BCUT2D eigenvalue weighted by molar-refractivity contribution is 5.99. The van der Waals surface area contributed by atoms with E-state index in [1.165, 1.54) is 6.07 Å². The maximum Gasteiger partial charge on any atom is 0.288 e. The Morgan fingerprint density at radius 2 is 2.32 bits per heavy atom. The largest absolute Gasteiger partial charge is 0.372 e. The van der Waals surface area contributed by atoms with Crippen LogP contribution in [-0.4, -0.2) is 41.4 Å². The predicted molar refractivity (Wildman–Crippen MR) is 70.1 cm³/mol. The number of rotatable bonds is 5. The normalized spacial score (nSPS) is 14.0. The molecule has 7 heteroatoms. The van der Waals surface area contributed by atoms with Gasteiger partial charge in [-0.15, -0.1) is 0 Å². The Morgan fingerprint density at radius 3 is 2.84 bits per heavy atom. The molecule has 0 unspecified atom stereocenters. The molecule has 0 aromatic carbocycles. The fourth-order valence-corrected chi connectivity index (χ4v) is 1.89. The maximum absolute atomic E-state index is 12.3. The average Bonchev–Trinajstić information content (AvgIpc) is 3.20. The summed E-state index contributed by atoms with van der Waals surface area (Å²) in [4.78, 5) is 28.0. The van der Waals surface area contributed by atoms with E-state index in [0.717, 1.165) is 19.0 Å². The SMILES string of the molecule is CNc1ncc([N+](=O)[O-])cc1C(=O)N(C)CC1CC1. The first kappa shape index (κ1) is 13.3. The number of nitrogens with zero attached hydrogens (tertiary/aromatic N) is 3. The van der Waals surface area contributed by atoms with Gasteiger partial charge < -0.3 is 10.2 Å². The molecule has 1 aromatic heterocycles. The van der Waals surface area contributed by atoms with Crippen molar-refractivity contribution in [1.82, 2.24) is 9.88 Å². The molecule has 0 spiro atoms. The van der Waals surface area contributed by atoms with E-state index in [0.29, 0.717) is 18.3 Å². The van der Waals surface area contributed by atoms with Gasteiger partial charge in [0, 0.05) is 26.7 Å². The quantitative estimate of drug-likeness (QED) is 0.643. The second-order valence-electron chi connectivity index (χ2n) is 4.73. The van der Waals surface area contributed by atoms with Crippen molar-refractivity contribution in [2.45, 2.75) is 12.8 Å². The summed E-state index contributed by atoms with van der Waals surface area (Å²) in [6, 6.07) is 1.27. The number of hydrogen-bond acceptors (Lipinski definition) is 5. The minimum atomic E-state index is -0.551. The van der Waals surface area contributed by atoms with Gasteiger partial charge in [0.2, 0.25) is 0 Å². The minimum absolute atomic E-state index is 0.179. The van der Waals surface area contributed by atoms with Crippen molar-refractivity contribution in [3.63, 3.8) is 0 Å². The number of carbonyl (C=O) groups is 1. The molecular formula is C12H16N4O3. The lowest BCUT2D eigenvalue weighted by Crippen LogP contribution is -2.29. The van der Waals surface area contributed by atoms with Gasteiger partial charge in [-0.1, -0.05) is 0 Å². The highest BCUT2D eigenvalue weighted by Crippen LogP contribution is 2.30. The van der Waals surface area contributed by atoms with Gasteiger partial charge in [-0.05, 0) is 18.8 Å². The number of nitro groups is 1. The van der Waals surface area contributed by atoms with Gasteiger partial charge in [0.1, 0.15) is 12.0 Å². The monoisotopic (exact) mass is 264 g/mol. The Bertz CT molecular complexity index is 514. The molecule has 1 N–H and O–H groups in total. The van der Waals surface area contributed by atoms with Crippen molar-refractivity contribution < 1.29 is 9.72 Å². The molecule has 19 heavy (non-hydrogen) atoms. The molecule has 0 radical (unpaired) electrons. The molecule has 1 saturated carbocycles. The lowest BCUT2D eigenvalue weighted by Gasteiger charge is -2.18. The second-order valence-corrected chi connectivity index (χ2v) is 4.73. The zero-order chi connectivity index (χ0) is 14.0. The van der Waals surface area contributed by atoms with E-state index in [1.807, 2.05) is 0 Å². The van der Waals surface area contributed by atoms with E-state index >= 15 is 0 Å². The summed E-state index contributed by atoms with van der Waals surface area (Å²) in [5, 5.41) is 13.5. The van der Waals surface area contributed by atoms with Crippen molar-refractivity contribution in [3.05, 3.63) is 27.9 Å². The molecule has 1 fully saturated rings. The molecule has 1 aliphatic carbocycles. The zero-order valence-electron chi connectivity index (χ0n) is 10.9. The fourth-order valence-electron chi connectivity index (χ4n) is 1.89. The van der Waals surface area contributed by atoms with E-state index in [2.05, 4.69) is 10.3 Å². The van der Waals surface area contributed by atoms with Crippen LogP contribution < -0.4 is 5.32 Å². The molecule has 1 aliphatic rings. The van der Waals surface area contributed by atoms with Gasteiger partial charge in [-0.2, -0.15) is 0 Å². The summed E-state index contributed by atoms with van der Waals surface area (Å²) >= 11 is 0. The Labute approximate surface area is 110 Å². The molecule has 0 atom stereocenters. The molecule has 0 saturated heterocycles. The maximum atomic E-state index is 12.3. The highest BCUT2D eigenvalue weighted by Gasteiger charge is 2.27. The van der Waals surface area contributed by atoms with Gasteiger partial charge in [-0.3, -0.25) is 14.9 Å². The third-order valence-corrected chi connectivity index (χ3v) is 3.13. The third kappa shape index (κ3) is 2.98. The summed E-state index contributed by atoms with van der Waals surface area (Å²) in [7, 11) is 3.34. The molecule has 1 aromatic rings. The zero-order valence-corrected chi connectivity index (χ0v) is 10.9. The number of pyridine rings is 1. The van der Waals surface area contributed by atoms with Crippen molar-refractivity contribution in [3.8, 4) is 0 Å². The Morgan fingerprint density at radius 1 is 1.63 bits per heavy atom. The van der Waals surface area contributed by atoms with Crippen LogP contribution in [0.1, 0.15) is 23.2 Å². The topological polar surface area (TPSA) is 88.4 Å². The molecule has 1 heterocycles. The number of hydrogen-bond donors (Lipinski definition) is 1. The standard InChI is InChI=1S/C12H16N4O3/c1-13-11-10(5-9(6-14-11)16(18)19)12(17)15(2)7-8-3-4-8/h5-6,8H,3-4,7H2,1-2H3,(H,13,14). The number of amides is 1. The van der Waals surface area contributed by atoms with Crippen molar-refractivity contribution in [1.29, 1.82) is 0 Å². The van der Waals surface area contributed by atoms with Crippen LogP contribution in [0.25, 0.3) is 0 Å². The first-order chi connectivity index (χ1) is 9.02. The Hall–Kier alpha value is -2.18. The van der Waals surface area contributed by atoms with Crippen molar-refractivity contribution >= 4 is 17.4 Å². The fraction of sp³-hybridized carbons (Fsp3) is 0.500. The van der Waals surface area contributed by atoms with Gasteiger partial charge in [0.25, 0.3) is 11.6 Å². The van der Waals surface area contributed by atoms with Crippen LogP contribution in [0.5, 0.6) is 0 Å². The molecule has 0 bridgehead atoms. The third-order valence-electron chi connectivity index (χ3n) is 3.13. The predicted octanol–water partition coefficient (Wildman–Crippen LogP) is 1.51. The van der Waals surface area contributed by atoms with Crippen LogP contribution in [0.3, 0.4) is 0 Å². The first-order valence-electron chi connectivity index (χ1n) is 6.10. The summed E-state index contributed by atoms with van der Waals surface area (Å²) in [6.45, 7) is 0.685. The van der Waals surface area contributed by atoms with Crippen LogP contribution in [0.2, 0.25) is 0 Å². The van der Waals surface area contributed by atoms with E-state index in [9.17, 15) is 14.9 Å². The van der Waals surface area contributed by atoms with E-state index in [1.54, 1.807) is 19.0 Å². The van der Waals surface area contributed by atoms with Crippen molar-refractivity contribution in [2.24, 2.45) is 5.92 Å². The van der Waals surface area contributed by atoms with Gasteiger partial charge >= 0.3 is 0 Å². The Balaban J connectivity index is 2.26. The smallest absolute Gasteiger partial charge is 0.288 e. The Kier molecular flexibility index (Phi) is 3.64. The summed E-state index contributed by atoms with van der Waals surface area (Å²) in [6.07, 6.45) is 3.43. The first-order valence-corrected chi connectivity index (χ1v) is 6.10. The summed E-state index contributed by atoms with van der Waals surface area (Å²) < 4.78 is 0. The van der Waals surface area contributed by atoms with Crippen molar-refractivity contribution in [2.75, 3.05) is 26.0 Å². The molecule has 1 amide bonds. The number of nitrogens with one attached hydrogen (secondary N) is 1. The number of carbonyl (C=O) groups excluding carboxylic acids is 1. The molecule has 7 nitrogen and oxygen atoms in total. The second kappa shape index (κ2) is 5.21. The number of anilines is 1. The average molecular weight is 264 g/mol. The highest BCUT2D eigenvalue weighted by atomic mass is 16.6. The van der Waals surface area contributed by atoms with E-state index < -0.39 is 4.92 Å². The van der Waals surface area contributed by atoms with Crippen LogP contribution in [0, 0.1) is 16.0 Å². The lowest BCUT2D eigenvalue weighted by molar-refractivity contribution is -0.385. The molecule has 2 rings (SSSR count). The number of aromatic nitrogens is 1. The van der Waals surface area contributed by atoms with E-state index in [4.69, 9.17) is 0 Å². The summed E-state index contributed by atoms with van der Waals surface area (Å²) in [5.41, 5.74) is 0.0574. The molecule has 102 valence electrons. The van der Waals surface area contributed by atoms with Crippen LogP contribution >= 0.6 is 0 Å². The van der Waals surface area contributed by atoms with Crippen LogP contribution in [-0.2, 0) is 0 Å². The summed E-state index contributed by atoms with van der Waals surface area (Å²) in [5.74, 6) is 0.685. The van der Waals surface area contributed by atoms with Gasteiger partial charge in [0.05, 0.1) is 10.5 Å². The molecule has 0 aliphatic heterocycles. The minimum Gasteiger partial charge on any atom is -0.372 e. The van der Waals surface area contributed by atoms with Gasteiger partial charge in [-0.25, -0.2) is 4.98 Å². The molecular weight excluding hydrogens is 248 g/mol. The lowest BCUT2D eigenvalue weighted by atomic mass is 10.2. The van der Waals surface area contributed by atoms with Crippen LogP contribution in [0.4, 0.5) is 11.5 Å². The van der Waals surface area contributed by atoms with E-state index in [-0.39, 0.29) is 17.2 Å². The van der Waals surface area contributed by atoms with Gasteiger partial charge in [0.15, 0.2) is 0 Å².